The van der Waals surface area contributed by atoms with Gasteiger partial charge in [0.25, 0.3) is 0 Å². The van der Waals surface area contributed by atoms with Gasteiger partial charge in [0.2, 0.25) is 0 Å². The number of nitrogens with one attached hydrogen (secondary N) is 1. The SMILES string of the molecule is COCCn1cc(Nc2cc(Cl)nnc2Cl)cn1. The van der Waals surface area contributed by atoms with Gasteiger partial charge in [-0.3, -0.25) is 4.68 Å². The fourth-order valence-corrected chi connectivity index (χ4v) is 1.62. The Morgan fingerprint density at radius 2 is 2.22 bits per heavy atom. The van der Waals surface area contributed by atoms with E-state index in [-0.39, 0.29) is 10.3 Å². The van der Waals surface area contributed by atoms with Gasteiger partial charge in [0.1, 0.15) is 0 Å². The molecule has 0 amide bonds. The van der Waals surface area contributed by atoms with Crippen LogP contribution in [0, 0.1) is 0 Å². The first-order chi connectivity index (χ1) is 8.69. The number of anilines is 2. The molecule has 2 rings (SSSR count). The van der Waals surface area contributed by atoms with Crippen molar-refractivity contribution in [3.63, 3.8) is 0 Å². The molecule has 0 unspecified atom stereocenters. The van der Waals surface area contributed by atoms with Crippen molar-refractivity contribution >= 4 is 34.6 Å². The van der Waals surface area contributed by atoms with Crippen LogP contribution >= 0.6 is 23.2 Å². The fourth-order valence-electron chi connectivity index (χ4n) is 1.33. The van der Waals surface area contributed by atoms with Gasteiger partial charge in [-0.1, -0.05) is 23.2 Å². The Morgan fingerprint density at radius 3 is 3.00 bits per heavy atom. The highest BCUT2D eigenvalue weighted by molar-refractivity contribution is 6.33. The molecule has 0 saturated heterocycles. The topological polar surface area (TPSA) is 64.9 Å². The second kappa shape index (κ2) is 5.99. The number of aromatic nitrogens is 4. The number of methoxy groups -OCH3 is 1. The zero-order valence-corrected chi connectivity index (χ0v) is 11.1. The molecule has 96 valence electrons. The lowest BCUT2D eigenvalue weighted by Crippen LogP contribution is -2.03. The van der Waals surface area contributed by atoms with Gasteiger partial charge in [-0.2, -0.15) is 5.10 Å². The molecule has 8 heteroatoms. The van der Waals surface area contributed by atoms with Crippen LogP contribution in [0.5, 0.6) is 0 Å². The Bertz CT molecular complexity index is 531. The van der Waals surface area contributed by atoms with Crippen LogP contribution in [0.1, 0.15) is 0 Å². The molecule has 0 radical (unpaired) electrons. The van der Waals surface area contributed by atoms with Crippen LogP contribution in [-0.4, -0.2) is 33.7 Å². The van der Waals surface area contributed by atoms with Crippen molar-refractivity contribution in [1.82, 2.24) is 20.0 Å². The lowest BCUT2D eigenvalue weighted by atomic mass is 10.4. The van der Waals surface area contributed by atoms with E-state index in [1.807, 2.05) is 6.20 Å². The van der Waals surface area contributed by atoms with Crippen LogP contribution in [0.3, 0.4) is 0 Å². The van der Waals surface area contributed by atoms with Crippen LogP contribution in [-0.2, 0) is 11.3 Å². The van der Waals surface area contributed by atoms with Crippen molar-refractivity contribution in [2.45, 2.75) is 6.54 Å². The second-order valence-electron chi connectivity index (χ2n) is 3.48. The molecular weight excluding hydrogens is 277 g/mol. The van der Waals surface area contributed by atoms with Crippen molar-refractivity contribution in [1.29, 1.82) is 0 Å². The average molecular weight is 288 g/mol. The number of hydrogen-bond donors (Lipinski definition) is 1. The second-order valence-corrected chi connectivity index (χ2v) is 4.23. The molecule has 2 aromatic heterocycles. The molecule has 2 aromatic rings. The lowest BCUT2D eigenvalue weighted by molar-refractivity contribution is 0.183. The molecule has 0 spiro atoms. The summed E-state index contributed by atoms with van der Waals surface area (Å²) in [5, 5.41) is 15.1. The molecule has 2 heterocycles. The molecule has 0 bridgehead atoms. The van der Waals surface area contributed by atoms with E-state index < -0.39 is 0 Å². The molecule has 18 heavy (non-hydrogen) atoms. The number of ether oxygens (including phenoxy) is 1. The average Bonchev–Trinajstić information content (AvgIpc) is 2.79. The smallest absolute Gasteiger partial charge is 0.175 e. The summed E-state index contributed by atoms with van der Waals surface area (Å²) < 4.78 is 6.73. The number of halogens is 2. The molecule has 1 N–H and O–H groups in total. The quantitative estimate of drug-likeness (QED) is 0.915. The standard InChI is InChI=1S/C10H11Cl2N5O/c1-18-3-2-17-6-7(5-13-17)14-8-4-9(11)15-16-10(8)12/h4-6H,2-3H2,1H3,(H,14,15). The Hall–Kier alpha value is -1.37. The van der Waals surface area contributed by atoms with Crippen LogP contribution in [0.2, 0.25) is 10.3 Å². The first-order valence-electron chi connectivity index (χ1n) is 5.16. The molecule has 0 aromatic carbocycles. The highest BCUT2D eigenvalue weighted by Gasteiger charge is 2.06. The zero-order chi connectivity index (χ0) is 13.0. The summed E-state index contributed by atoms with van der Waals surface area (Å²) in [4.78, 5) is 0. The fraction of sp³-hybridized carbons (Fsp3) is 0.300. The molecule has 6 nitrogen and oxygen atoms in total. The summed E-state index contributed by atoms with van der Waals surface area (Å²) in [6.45, 7) is 1.28. The summed E-state index contributed by atoms with van der Waals surface area (Å²) in [6.07, 6.45) is 3.52. The van der Waals surface area contributed by atoms with Gasteiger partial charge >= 0.3 is 0 Å². The maximum absolute atomic E-state index is 5.89. The van der Waals surface area contributed by atoms with E-state index in [0.29, 0.717) is 18.8 Å². The Morgan fingerprint density at radius 1 is 1.39 bits per heavy atom. The lowest BCUT2D eigenvalue weighted by Gasteiger charge is -2.04. The Balaban J connectivity index is 2.08. The van der Waals surface area contributed by atoms with E-state index in [2.05, 4.69) is 20.6 Å². The van der Waals surface area contributed by atoms with E-state index in [1.165, 1.54) is 0 Å². The first-order valence-corrected chi connectivity index (χ1v) is 5.92. The maximum Gasteiger partial charge on any atom is 0.175 e. The number of hydrogen-bond acceptors (Lipinski definition) is 5. The van der Waals surface area contributed by atoms with E-state index in [1.54, 1.807) is 24.1 Å². The molecule has 0 aliphatic heterocycles. The summed E-state index contributed by atoms with van der Waals surface area (Å²) in [5.41, 5.74) is 1.38. The summed E-state index contributed by atoms with van der Waals surface area (Å²) in [7, 11) is 1.65. The van der Waals surface area contributed by atoms with Gasteiger partial charge in [-0.05, 0) is 0 Å². The van der Waals surface area contributed by atoms with Crippen molar-refractivity contribution in [2.24, 2.45) is 0 Å². The summed E-state index contributed by atoms with van der Waals surface area (Å²) in [5.74, 6) is 0. The van der Waals surface area contributed by atoms with Gasteiger partial charge in [-0.25, -0.2) is 0 Å². The van der Waals surface area contributed by atoms with Crippen LogP contribution in [0.15, 0.2) is 18.5 Å². The zero-order valence-electron chi connectivity index (χ0n) is 9.60. The predicted molar refractivity (Wildman–Crippen MR) is 69.4 cm³/mol. The van der Waals surface area contributed by atoms with Gasteiger partial charge in [-0.15, -0.1) is 10.2 Å². The van der Waals surface area contributed by atoms with E-state index in [9.17, 15) is 0 Å². The normalized spacial score (nSPS) is 10.6. The van der Waals surface area contributed by atoms with E-state index >= 15 is 0 Å². The third kappa shape index (κ3) is 3.32. The number of rotatable bonds is 5. The van der Waals surface area contributed by atoms with Gasteiger partial charge in [0, 0.05) is 19.4 Å². The molecule has 0 fully saturated rings. The van der Waals surface area contributed by atoms with Gasteiger partial charge < -0.3 is 10.1 Å². The monoisotopic (exact) mass is 287 g/mol. The largest absolute Gasteiger partial charge is 0.383 e. The predicted octanol–water partition coefficient (Wildman–Crippen LogP) is 2.37. The molecule has 0 saturated carbocycles. The third-order valence-corrected chi connectivity index (χ3v) is 2.62. The Labute approximate surface area is 114 Å². The van der Waals surface area contributed by atoms with Crippen molar-refractivity contribution in [3.8, 4) is 0 Å². The van der Waals surface area contributed by atoms with E-state index in [0.717, 1.165) is 5.69 Å². The summed E-state index contributed by atoms with van der Waals surface area (Å²) >= 11 is 11.6. The Kier molecular flexibility index (Phi) is 4.35. The van der Waals surface area contributed by atoms with Crippen LogP contribution in [0.25, 0.3) is 0 Å². The highest BCUT2D eigenvalue weighted by atomic mass is 35.5. The van der Waals surface area contributed by atoms with Crippen molar-refractivity contribution < 1.29 is 4.74 Å². The minimum atomic E-state index is 0.254. The molecule has 0 aliphatic carbocycles. The highest BCUT2D eigenvalue weighted by Crippen LogP contribution is 2.24. The first kappa shape index (κ1) is 13.1. The van der Waals surface area contributed by atoms with E-state index in [4.69, 9.17) is 27.9 Å². The molecular formula is C10H11Cl2N5O. The van der Waals surface area contributed by atoms with Gasteiger partial charge in [0.05, 0.1) is 30.7 Å². The van der Waals surface area contributed by atoms with Crippen LogP contribution in [0.4, 0.5) is 11.4 Å². The third-order valence-electron chi connectivity index (χ3n) is 2.16. The minimum absolute atomic E-state index is 0.254. The van der Waals surface area contributed by atoms with Crippen molar-refractivity contribution in [3.05, 3.63) is 28.8 Å². The maximum atomic E-state index is 5.89. The van der Waals surface area contributed by atoms with Gasteiger partial charge in [0.15, 0.2) is 10.3 Å². The molecule has 0 aliphatic rings. The molecule has 0 atom stereocenters. The summed E-state index contributed by atoms with van der Waals surface area (Å²) in [6, 6.07) is 1.60. The van der Waals surface area contributed by atoms with Crippen molar-refractivity contribution in [2.75, 3.05) is 19.0 Å². The number of nitrogens with zero attached hydrogens (tertiary/aromatic N) is 4. The van der Waals surface area contributed by atoms with Crippen LogP contribution < -0.4 is 5.32 Å². The minimum Gasteiger partial charge on any atom is -0.383 e.